The number of benzene rings is 6. The summed E-state index contributed by atoms with van der Waals surface area (Å²) in [6.07, 6.45) is 29.1. The number of hydrogen-bond acceptors (Lipinski definition) is 4. The molecule has 0 atom stereocenters. The molecule has 0 unspecified atom stereocenters. The van der Waals surface area contributed by atoms with Gasteiger partial charge in [-0.25, -0.2) is 0 Å². The van der Waals surface area contributed by atoms with E-state index in [1.54, 1.807) is 22.3 Å². The van der Waals surface area contributed by atoms with Crippen LogP contribution in [0.5, 0.6) is 0 Å². The number of rotatable bonds is 24. The summed E-state index contributed by atoms with van der Waals surface area (Å²) >= 11 is 7.64. The van der Waals surface area contributed by atoms with Gasteiger partial charge in [-0.05, 0) is 0 Å². The third-order valence-electron chi connectivity index (χ3n) is 18.9. The van der Waals surface area contributed by atoms with E-state index in [4.69, 9.17) is 19.9 Å². The molecule has 5 heterocycles. The van der Waals surface area contributed by atoms with Crippen molar-refractivity contribution in [2.24, 2.45) is 0 Å². The van der Waals surface area contributed by atoms with Gasteiger partial charge < -0.3 is 0 Å². The molecule has 13 rings (SSSR count). The molecule has 0 saturated heterocycles. The second-order valence-corrected chi connectivity index (χ2v) is 30.6. The summed E-state index contributed by atoms with van der Waals surface area (Å²) in [6.45, 7) is 9.33. The molecule has 0 amide bonds. The summed E-state index contributed by atoms with van der Waals surface area (Å²) in [7, 11) is 0. The summed E-state index contributed by atoms with van der Waals surface area (Å²) < 4.78 is 7.33. The zero-order valence-corrected chi connectivity index (χ0v) is 56.0. The molecule has 0 bridgehead atoms. The second kappa shape index (κ2) is 25.2. The van der Waals surface area contributed by atoms with Crippen LogP contribution in [0.25, 0.3) is 106 Å². The molecule has 5 aromatic heterocycles. The number of hydrogen-bond donors (Lipinski definition) is 0. The SMILES string of the molecule is CCCCCCC1(CCCCCC)c2ccccc2-c2ccc(-c3ccc(-c4ccc(-c5ccc(-c6ccc7c(c6)C(CCCCCC)(CCCCCC)c6ccccc6-7)[se]5)c5nc6c7cc(Br)cnc7c7ncc(Br)cc7c6nc45)[se]3)cc21. The molecule has 84 heavy (non-hydrogen) atoms. The van der Waals surface area contributed by atoms with Crippen LogP contribution in [0.2, 0.25) is 0 Å². The zero-order valence-electron chi connectivity index (χ0n) is 49.4. The van der Waals surface area contributed by atoms with Crippen molar-refractivity contribution in [3.8, 4) is 62.3 Å². The molecule has 0 aliphatic heterocycles. The van der Waals surface area contributed by atoms with Crippen molar-refractivity contribution >= 4 is 105 Å². The molecular weight excluding hydrogens is 1290 g/mol. The number of pyridine rings is 2. The summed E-state index contributed by atoms with van der Waals surface area (Å²) in [5.74, 6) is 0. The number of nitrogens with zero attached hydrogens (tertiary/aromatic N) is 4. The van der Waals surface area contributed by atoms with Crippen LogP contribution < -0.4 is 0 Å². The molecule has 0 N–H and O–H groups in total. The predicted molar refractivity (Wildman–Crippen MR) is 366 cm³/mol. The standard InChI is InChI=1S/C76H76Br2N4Se2/c1-5-9-13-21-39-75(40-22-14-10-6-2)61-27-19-17-25-53(61)55-31-29-49(43-63(55)75)65-35-37-67(83-65)57-33-34-58(72-71(57)81-73-59-45-51(77)47-79-69(59)70-60(74(73)82-72)46-52(78)48-80-70)68-38-36-66(84-68)50-30-32-56-54-26-18-20-28-62(54)76(64(56)44-50,41-23-15-11-7-3)42-24-16-12-8-4/h17-20,25-38,43-48H,5-16,21-24,39-42H2,1-4H3. The van der Waals surface area contributed by atoms with Crippen molar-refractivity contribution in [3.05, 3.63) is 177 Å². The van der Waals surface area contributed by atoms with Gasteiger partial charge in [0.15, 0.2) is 0 Å². The molecule has 2 aliphatic carbocycles. The Hall–Kier alpha value is -5.30. The molecular formula is C76H76Br2N4Se2. The molecule has 0 radical (unpaired) electrons. The van der Waals surface area contributed by atoms with Crippen molar-refractivity contribution in [3.63, 3.8) is 0 Å². The van der Waals surface area contributed by atoms with Gasteiger partial charge in [-0.15, -0.1) is 0 Å². The average Bonchev–Trinajstić information content (AvgIpc) is 1.86. The van der Waals surface area contributed by atoms with Crippen LogP contribution in [0.4, 0.5) is 0 Å². The maximum atomic E-state index is 5.84. The fourth-order valence-corrected chi connectivity index (χ4v) is 19.7. The van der Waals surface area contributed by atoms with Crippen molar-refractivity contribution in [2.75, 3.05) is 0 Å². The molecule has 2 aliphatic rings. The molecule has 0 saturated carbocycles. The number of fused-ring (bicyclic) bond motifs is 13. The van der Waals surface area contributed by atoms with Gasteiger partial charge in [-0.1, -0.05) is 0 Å². The van der Waals surface area contributed by atoms with E-state index in [1.165, 1.54) is 191 Å². The molecule has 0 fully saturated rings. The van der Waals surface area contributed by atoms with Crippen molar-refractivity contribution in [2.45, 2.75) is 167 Å². The Bertz CT molecular complexity index is 3930. The van der Waals surface area contributed by atoms with Gasteiger partial charge in [-0.2, -0.15) is 0 Å². The van der Waals surface area contributed by atoms with E-state index in [9.17, 15) is 0 Å². The quantitative estimate of drug-likeness (QED) is 0.0262. The van der Waals surface area contributed by atoms with Crippen molar-refractivity contribution < 1.29 is 0 Å². The van der Waals surface area contributed by atoms with Gasteiger partial charge in [0.1, 0.15) is 0 Å². The Morgan fingerprint density at radius 2 is 0.690 bits per heavy atom. The first-order valence-electron chi connectivity index (χ1n) is 31.6. The molecule has 6 aromatic carbocycles. The van der Waals surface area contributed by atoms with Gasteiger partial charge in [0.2, 0.25) is 0 Å². The minimum absolute atomic E-state index is 0.0280. The Labute approximate surface area is 526 Å². The fourth-order valence-electron chi connectivity index (χ4n) is 14.8. The van der Waals surface area contributed by atoms with Crippen LogP contribution in [-0.2, 0) is 10.8 Å². The van der Waals surface area contributed by atoms with Crippen LogP contribution in [-0.4, -0.2) is 48.9 Å². The van der Waals surface area contributed by atoms with E-state index in [2.05, 4.69) is 193 Å². The van der Waals surface area contributed by atoms with E-state index in [0.717, 1.165) is 52.8 Å². The van der Waals surface area contributed by atoms with Gasteiger partial charge in [0.05, 0.1) is 0 Å². The van der Waals surface area contributed by atoms with E-state index >= 15 is 0 Å². The average molecular weight is 1360 g/mol. The third-order valence-corrected chi connectivity index (χ3v) is 24.7. The molecule has 4 nitrogen and oxygen atoms in total. The minimum atomic E-state index is 0.0280. The van der Waals surface area contributed by atoms with Crippen LogP contribution in [0.15, 0.2) is 155 Å². The first-order valence-corrected chi connectivity index (χ1v) is 36.7. The van der Waals surface area contributed by atoms with Gasteiger partial charge in [-0.3, -0.25) is 0 Å². The zero-order chi connectivity index (χ0) is 57.4. The Morgan fingerprint density at radius 1 is 0.333 bits per heavy atom. The topological polar surface area (TPSA) is 51.6 Å². The van der Waals surface area contributed by atoms with Crippen LogP contribution in [0, 0.1) is 0 Å². The normalized spacial score (nSPS) is 13.8. The first kappa shape index (κ1) is 57.8. The maximum absolute atomic E-state index is 5.84. The summed E-state index contributed by atoms with van der Waals surface area (Å²) in [5.41, 5.74) is 22.4. The monoisotopic (exact) mass is 1360 g/mol. The van der Waals surface area contributed by atoms with E-state index in [1.807, 2.05) is 12.4 Å². The molecule has 11 aromatic rings. The summed E-state index contributed by atoms with van der Waals surface area (Å²) in [5, 5.41) is 1.89. The Kier molecular flexibility index (Phi) is 17.3. The molecule has 426 valence electrons. The van der Waals surface area contributed by atoms with Crippen LogP contribution in [0.1, 0.15) is 178 Å². The second-order valence-electron chi connectivity index (χ2n) is 24.2. The van der Waals surface area contributed by atoms with Gasteiger partial charge >= 0.3 is 531 Å². The van der Waals surface area contributed by atoms with Crippen LogP contribution in [0.3, 0.4) is 0 Å². The number of aromatic nitrogens is 4. The van der Waals surface area contributed by atoms with Gasteiger partial charge in [0, 0.05) is 0 Å². The van der Waals surface area contributed by atoms with Crippen molar-refractivity contribution in [1.29, 1.82) is 0 Å². The van der Waals surface area contributed by atoms with Gasteiger partial charge in [0.25, 0.3) is 0 Å². The Balaban J connectivity index is 0.939. The summed E-state index contributed by atoms with van der Waals surface area (Å²) in [4.78, 5) is 21.7. The number of unbranched alkanes of at least 4 members (excludes halogenated alkanes) is 12. The van der Waals surface area contributed by atoms with E-state index < -0.39 is 0 Å². The van der Waals surface area contributed by atoms with Crippen molar-refractivity contribution in [1.82, 2.24) is 19.9 Å². The summed E-state index contributed by atoms with van der Waals surface area (Å²) in [6, 6.07) is 52.5. The fraction of sp³-hybridized carbons (Fsp3) is 0.342. The third kappa shape index (κ3) is 10.6. The molecule has 8 heteroatoms. The van der Waals surface area contributed by atoms with Crippen LogP contribution >= 0.6 is 31.9 Å². The Morgan fingerprint density at radius 3 is 1.08 bits per heavy atom. The van der Waals surface area contributed by atoms with E-state index in [0.29, 0.717) is 0 Å². The van der Waals surface area contributed by atoms with E-state index in [-0.39, 0.29) is 39.8 Å². The molecule has 0 spiro atoms. The predicted octanol–water partition coefficient (Wildman–Crippen LogP) is 22.6. The first-order chi connectivity index (χ1) is 41.3. The number of halogens is 2.